The van der Waals surface area contributed by atoms with Crippen LogP contribution in [0.25, 0.3) is 22.8 Å². The van der Waals surface area contributed by atoms with E-state index in [1.54, 1.807) is 23.2 Å². The largest absolute Gasteiger partial charge is 0.383 e. The highest BCUT2D eigenvalue weighted by molar-refractivity contribution is 5.79. The molecule has 1 aromatic carbocycles. The first-order valence-electron chi connectivity index (χ1n) is 13.1. The predicted molar refractivity (Wildman–Crippen MR) is 141 cm³/mol. The van der Waals surface area contributed by atoms with Crippen molar-refractivity contribution in [2.75, 3.05) is 13.1 Å². The number of halogens is 1. The van der Waals surface area contributed by atoms with Crippen LogP contribution in [0, 0.1) is 5.82 Å². The molecule has 0 unspecified atom stereocenters. The third kappa shape index (κ3) is 4.96. The molecule has 1 aliphatic carbocycles. The Bertz CT molecular complexity index is 1440. The van der Waals surface area contributed by atoms with Gasteiger partial charge in [0.2, 0.25) is 5.91 Å². The molecule has 1 saturated heterocycles. The zero-order valence-corrected chi connectivity index (χ0v) is 21.3. The van der Waals surface area contributed by atoms with Crippen molar-refractivity contribution in [2.24, 2.45) is 7.05 Å². The van der Waals surface area contributed by atoms with Crippen LogP contribution < -0.4 is 0 Å². The molecule has 194 valence electrons. The summed E-state index contributed by atoms with van der Waals surface area (Å²) < 4.78 is 15.1. The summed E-state index contributed by atoms with van der Waals surface area (Å²) in [6.07, 6.45) is 9.06. The molecule has 0 radical (unpaired) electrons. The number of rotatable bonds is 6. The van der Waals surface area contributed by atoms with Gasteiger partial charge >= 0.3 is 0 Å². The molecule has 1 saturated carbocycles. The molecule has 0 bridgehead atoms. The summed E-state index contributed by atoms with van der Waals surface area (Å²) in [6.45, 7) is 0.910. The third-order valence-electron chi connectivity index (χ3n) is 7.68. The number of aryl methyl sites for hydroxylation is 1. The maximum absolute atomic E-state index is 13.2. The molecule has 8 heteroatoms. The van der Waals surface area contributed by atoms with Gasteiger partial charge in [0.05, 0.1) is 17.8 Å². The van der Waals surface area contributed by atoms with Crippen molar-refractivity contribution in [3.63, 3.8) is 0 Å². The van der Waals surface area contributed by atoms with Crippen LogP contribution >= 0.6 is 0 Å². The van der Waals surface area contributed by atoms with Crippen LogP contribution in [0.1, 0.15) is 48.4 Å². The first-order valence-corrected chi connectivity index (χ1v) is 13.1. The van der Waals surface area contributed by atoms with E-state index < -0.39 is 5.60 Å². The molecule has 0 spiro atoms. The fourth-order valence-electron chi connectivity index (χ4n) is 5.11. The molecular weight excluding hydrogens is 481 g/mol. The monoisotopic (exact) mass is 511 g/mol. The van der Waals surface area contributed by atoms with Crippen LogP contribution in [-0.4, -0.2) is 48.5 Å². The number of imidazole rings is 1. The smallest absolute Gasteiger partial charge is 0.227 e. The molecule has 4 heterocycles. The Labute approximate surface area is 221 Å². The quantitative estimate of drug-likeness (QED) is 0.409. The number of amides is 1. The lowest BCUT2D eigenvalue weighted by Crippen LogP contribution is -2.45. The summed E-state index contributed by atoms with van der Waals surface area (Å²) in [5, 5.41) is 11.4. The standard InChI is InChI=1S/C30H30FN5O2/c1-35-19-27(34-29(35)26-11-7-23(18-33-26)21-3-4-21)30(38)12-14-36(15-13-30)28(37)16-20-2-10-25(32-17-20)22-5-8-24(31)9-6-22/h2,5-11,17-19,21,38H,3-4,12-16H2,1H3. The van der Waals surface area contributed by atoms with Gasteiger partial charge in [0.15, 0.2) is 5.82 Å². The number of nitrogens with zero attached hydrogens (tertiary/aromatic N) is 5. The number of piperidine rings is 1. The molecule has 2 fully saturated rings. The van der Waals surface area contributed by atoms with Crippen molar-refractivity contribution in [3.05, 3.63) is 89.8 Å². The Balaban J connectivity index is 1.08. The van der Waals surface area contributed by atoms with Gasteiger partial charge in [0.25, 0.3) is 0 Å². The summed E-state index contributed by atoms with van der Waals surface area (Å²) in [5.74, 6) is 1.10. The van der Waals surface area contributed by atoms with Crippen molar-refractivity contribution >= 4 is 5.91 Å². The molecule has 6 rings (SSSR count). The number of hydrogen-bond donors (Lipinski definition) is 1. The first-order chi connectivity index (χ1) is 18.4. The average Bonchev–Trinajstić information content (AvgIpc) is 3.71. The highest BCUT2D eigenvalue weighted by atomic mass is 19.1. The van der Waals surface area contributed by atoms with Crippen LogP contribution in [-0.2, 0) is 23.9 Å². The maximum atomic E-state index is 13.2. The Morgan fingerprint density at radius 2 is 1.71 bits per heavy atom. The summed E-state index contributed by atoms with van der Waals surface area (Å²) in [6, 6.07) is 14.0. The molecule has 1 N–H and O–H groups in total. The van der Waals surface area contributed by atoms with Gasteiger partial charge in [-0.25, -0.2) is 9.37 Å². The Morgan fingerprint density at radius 3 is 2.34 bits per heavy atom. The fraction of sp³-hybridized carbons (Fsp3) is 0.333. The molecule has 4 aromatic rings. The predicted octanol–water partition coefficient (Wildman–Crippen LogP) is 4.61. The van der Waals surface area contributed by atoms with Crippen molar-refractivity contribution < 1.29 is 14.3 Å². The zero-order chi connectivity index (χ0) is 26.3. The van der Waals surface area contributed by atoms with E-state index in [0.717, 1.165) is 28.3 Å². The molecule has 2 aliphatic rings. The summed E-state index contributed by atoms with van der Waals surface area (Å²) >= 11 is 0. The lowest BCUT2D eigenvalue weighted by Gasteiger charge is -2.37. The number of pyridine rings is 2. The Morgan fingerprint density at radius 1 is 1.00 bits per heavy atom. The van der Waals surface area contributed by atoms with Gasteiger partial charge in [-0.15, -0.1) is 0 Å². The Kier molecular flexibility index (Phi) is 6.27. The molecule has 3 aromatic heterocycles. The highest BCUT2D eigenvalue weighted by Crippen LogP contribution is 2.40. The number of carbonyl (C=O) groups excluding carboxylic acids is 1. The maximum Gasteiger partial charge on any atom is 0.227 e. The van der Waals surface area contributed by atoms with Crippen LogP contribution in [0.2, 0.25) is 0 Å². The fourth-order valence-corrected chi connectivity index (χ4v) is 5.11. The van der Waals surface area contributed by atoms with E-state index in [1.165, 1.54) is 30.5 Å². The second-order valence-corrected chi connectivity index (χ2v) is 10.5. The molecular formula is C30H30FN5O2. The summed E-state index contributed by atoms with van der Waals surface area (Å²) in [5.41, 5.74) is 3.97. The van der Waals surface area contributed by atoms with E-state index in [0.29, 0.717) is 37.5 Å². The van der Waals surface area contributed by atoms with Gasteiger partial charge in [-0.05, 0) is 79.1 Å². The second-order valence-electron chi connectivity index (χ2n) is 10.5. The second kappa shape index (κ2) is 9.76. The minimum absolute atomic E-state index is 0.00467. The van der Waals surface area contributed by atoms with Crippen LogP contribution in [0.15, 0.2) is 67.1 Å². The number of hydrogen-bond acceptors (Lipinski definition) is 5. The third-order valence-corrected chi connectivity index (χ3v) is 7.68. The lowest BCUT2D eigenvalue weighted by atomic mass is 9.88. The van der Waals surface area contributed by atoms with Gasteiger partial charge in [0.1, 0.15) is 17.1 Å². The summed E-state index contributed by atoms with van der Waals surface area (Å²) in [4.78, 5) is 28.6. The van der Waals surface area contributed by atoms with E-state index in [4.69, 9.17) is 4.98 Å². The van der Waals surface area contributed by atoms with Crippen LogP contribution in [0.3, 0.4) is 0 Å². The molecule has 7 nitrogen and oxygen atoms in total. The highest BCUT2D eigenvalue weighted by Gasteiger charge is 2.38. The number of likely N-dealkylation sites (tertiary alicyclic amines) is 1. The van der Waals surface area contributed by atoms with Gasteiger partial charge < -0.3 is 14.6 Å². The van der Waals surface area contributed by atoms with Gasteiger partial charge in [-0.2, -0.15) is 0 Å². The van der Waals surface area contributed by atoms with Crippen molar-refractivity contribution in [2.45, 2.75) is 43.6 Å². The topological polar surface area (TPSA) is 84.1 Å². The number of aromatic nitrogens is 4. The van der Waals surface area contributed by atoms with Crippen molar-refractivity contribution in [1.29, 1.82) is 0 Å². The Hall–Kier alpha value is -3.91. The molecule has 0 atom stereocenters. The number of carbonyl (C=O) groups is 1. The van der Waals surface area contributed by atoms with Gasteiger partial charge in [0, 0.05) is 44.3 Å². The molecule has 1 aliphatic heterocycles. The van der Waals surface area contributed by atoms with Crippen LogP contribution in [0.5, 0.6) is 0 Å². The molecule has 1 amide bonds. The van der Waals surface area contributed by atoms with E-state index in [9.17, 15) is 14.3 Å². The van der Waals surface area contributed by atoms with Crippen molar-refractivity contribution in [1.82, 2.24) is 24.4 Å². The first kappa shape index (κ1) is 24.4. The lowest BCUT2D eigenvalue weighted by molar-refractivity contribution is -0.135. The van der Waals surface area contributed by atoms with E-state index in [2.05, 4.69) is 16.0 Å². The van der Waals surface area contributed by atoms with E-state index in [1.807, 2.05) is 42.2 Å². The normalized spacial score (nSPS) is 17.0. The molecule has 38 heavy (non-hydrogen) atoms. The van der Waals surface area contributed by atoms with Crippen LogP contribution in [0.4, 0.5) is 4.39 Å². The van der Waals surface area contributed by atoms with E-state index >= 15 is 0 Å². The van der Waals surface area contributed by atoms with E-state index in [-0.39, 0.29) is 18.1 Å². The number of aliphatic hydroxyl groups is 1. The zero-order valence-electron chi connectivity index (χ0n) is 21.3. The van der Waals surface area contributed by atoms with Gasteiger partial charge in [-0.1, -0.05) is 12.1 Å². The summed E-state index contributed by atoms with van der Waals surface area (Å²) in [7, 11) is 1.92. The van der Waals surface area contributed by atoms with Crippen molar-refractivity contribution in [3.8, 4) is 22.8 Å². The SMILES string of the molecule is Cn1cc(C2(O)CCN(C(=O)Cc3ccc(-c4ccc(F)cc4)nc3)CC2)nc1-c1ccc(C2CC2)cn1. The average molecular weight is 512 g/mol. The minimum atomic E-state index is -1.08. The van der Waals surface area contributed by atoms with Gasteiger partial charge in [-0.3, -0.25) is 14.8 Å². The minimum Gasteiger partial charge on any atom is -0.383 e. The number of benzene rings is 1.